The molecule has 1 aliphatic heterocycles. The zero-order valence-corrected chi connectivity index (χ0v) is 13.5. The number of likely N-dealkylation sites (tertiary alicyclic amines) is 1. The van der Waals surface area contributed by atoms with Crippen LogP contribution in [-0.2, 0) is 10.0 Å². The summed E-state index contributed by atoms with van der Waals surface area (Å²) in [5, 5.41) is -0.258. The van der Waals surface area contributed by atoms with E-state index >= 15 is 0 Å². The largest absolute Gasteiger partial charge is 0.438 e. The first kappa shape index (κ1) is 15.8. The Hall–Kier alpha value is -2.13. The van der Waals surface area contributed by atoms with Crippen LogP contribution in [-0.4, -0.2) is 48.9 Å². The fourth-order valence-electron chi connectivity index (χ4n) is 2.70. The van der Waals surface area contributed by atoms with Crippen LogP contribution in [0.25, 0.3) is 0 Å². The van der Waals surface area contributed by atoms with Crippen molar-refractivity contribution in [3.63, 3.8) is 0 Å². The number of sulfonamides is 1. The number of furan rings is 1. The van der Waals surface area contributed by atoms with E-state index in [9.17, 15) is 13.2 Å². The molecule has 3 rings (SSSR count). The Kier molecular flexibility index (Phi) is 4.22. The zero-order valence-electron chi connectivity index (χ0n) is 12.7. The number of carbonyl (C=O) groups excluding carboxylic acids is 1. The summed E-state index contributed by atoms with van der Waals surface area (Å²) in [5.74, 6) is -0.266. The lowest BCUT2D eigenvalue weighted by Crippen LogP contribution is -2.40. The molecule has 3 heterocycles. The summed E-state index contributed by atoms with van der Waals surface area (Å²) < 4.78 is 32.7. The summed E-state index contributed by atoms with van der Waals surface area (Å²) in [6.07, 6.45) is 7.17. The van der Waals surface area contributed by atoms with Crippen molar-refractivity contribution in [3.8, 4) is 0 Å². The van der Waals surface area contributed by atoms with Gasteiger partial charge in [0.05, 0.1) is 12.4 Å². The average Bonchev–Trinajstić information content (AvgIpc) is 3.26. The molecule has 9 heteroatoms. The number of amides is 1. The van der Waals surface area contributed by atoms with Gasteiger partial charge in [-0.25, -0.2) is 18.1 Å². The fraction of sp³-hybridized carbons (Fsp3) is 0.429. The van der Waals surface area contributed by atoms with Crippen LogP contribution in [0.1, 0.15) is 29.4 Å². The highest BCUT2D eigenvalue weighted by molar-refractivity contribution is 7.89. The molecule has 1 aliphatic rings. The molecule has 2 aromatic heterocycles. The number of nitrogens with zero attached hydrogens (tertiary/aromatic N) is 3. The monoisotopic (exact) mass is 338 g/mol. The Morgan fingerprint density at radius 2 is 2.26 bits per heavy atom. The second-order valence-electron chi connectivity index (χ2n) is 5.38. The van der Waals surface area contributed by atoms with Crippen molar-refractivity contribution >= 4 is 15.9 Å². The van der Waals surface area contributed by atoms with Gasteiger partial charge in [0.1, 0.15) is 0 Å². The van der Waals surface area contributed by atoms with E-state index in [1.807, 2.05) is 10.8 Å². The highest BCUT2D eigenvalue weighted by Gasteiger charge is 2.28. The van der Waals surface area contributed by atoms with Crippen molar-refractivity contribution in [2.75, 3.05) is 20.1 Å². The minimum Gasteiger partial charge on any atom is -0.438 e. The van der Waals surface area contributed by atoms with Crippen molar-refractivity contribution in [1.29, 1.82) is 0 Å². The molecule has 0 radical (unpaired) electrons. The summed E-state index contributed by atoms with van der Waals surface area (Å²) in [6, 6.07) is 2.86. The minimum atomic E-state index is -3.69. The quantitative estimate of drug-likeness (QED) is 0.892. The van der Waals surface area contributed by atoms with Crippen molar-refractivity contribution in [1.82, 2.24) is 19.2 Å². The van der Waals surface area contributed by atoms with Crippen LogP contribution in [0.3, 0.4) is 0 Å². The van der Waals surface area contributed by atoms with Crippen LogP contribution in [0.5, 0.6) is 0 Å². The Morgan fingerprint density at radius 1 is 1.43 bits per heavy atom. The maximum Gasteiger partial charge on any atom is 0.289 e. The predicted octanol–water partition coefficient (Wildman–Crippen LogP) is 0.861. The number of hydrogen-bond acceptors (Lipinski definition) is 5. The third-order valence-electron chi connectivity index (χ3n) is 3.96. The van der Waals surface area contributed by atoms with Gasteiger partial charge in [-0.2, -0.15) is 0 Å². The van der Waals surface area contributed by atoms with Gasteiger partial charge in [0.2, 0.25) is 5.09 Å². The van der Waals surface area contributed by atoms with E-state index in [4.69, 9.17) is 4.42 Å². The van der Waals surface area contributed by atoms with E-state index in [0.29, 0.717) is 13.1 Å². The van der Waals surface area contributed by atoms with E-state index in [1.165, 1.54) is 19.2 Å². The molecule has 0 aromatic carbocycles. The van der Waals surface area contributed by atoms with Crippen LogP contribution < -0.4 is 4.72 Å². The van der Waals surface area contributed by atoms with Gasteiger partial charge in [-0.1, -0.05) is 0 Å². The van der Waals surface area contributed by atoms with E-state index in [0.717, 1.165) is 12.8 Å². The summed E-state index contributed by atoms with van der Waals surface area (Å²) >= 11 is 0. The fourth-order valence-corrected chi connectivity index (χ4v) is 3.35. The summed E-state index contributed by atoms with van der Waals surface area (Å²) in [7, 11) is -2.40. The van der Waals surface area contributed by atoms with E-state index in [-0.39, 0.29) is 22.8 Å². The van der Waals surface area contributed by atoms with Gasteiger partial charge in [0, 0.05) is 25.5 Å². The van der Waals surface area contributed by atoms with E-state index in [2.05, 4.69) is 9.71 Å². The summed E-state index contributed by atoms with van der Waals surface area (Å²) in [4.78, 5) is 18.3. The predicted molar refractivity (Wildman–Crippen MR) is 81.4 cm³/mol. The molecule has 1 saturated heterocycles. The molecule has 1 N–H and O–H groups in total. The maximum atomic E-state index is 12.5. The van der Waals surface area contributed by atoms with Gasteiger partial charge in [-0.05, 0) is 32.0 Å². The number of piperidine rings is 1. The zero-order chi connectivity index (χ0) is 16.4. The molecule has 2 aromatic rings. The second-order valence-corrected chi connectivity index (χ2v) is 7.20. The third-order valence-corrected chi connectivity index (χ3v) is 5.24. The lowest BCUT2D eigenvalue weighted by Gasteiger charge is -2.32. The molecule has 23 heavy (non-hydrogen) atoms. The molecule has 0 aliphatic carbocycles. The Morgan fingerprint density at radius 3 is 2.96 bits per heavy atom. The molecule has 1 unspecified atom stereocenters. The molecular weight excluding hydrogens is 320 g/mol. The van der Waals surface area contributed by atoms with Gasteiger partial charge in [-0.15, -0.1) is 0 Å². The Labute approximate surface area is 134 Å². The van der Waals surface area contributed by atoms with Crippen molar-refractivity contribution in [3.05, 3.63) is 36.6 Å². The van der Waals surface area contributed by atoms with Crippen LogP contribution in [0.2, 0.25) is 0 Å². The van der Waals surface area contributed by atoms with E-state index < -0.39 is 10.0 Å². The van der Waals surface area contributed by atoms with Gasteiger partial charge >= 0.3 is 0 Å². The lowest BCUT2D eigenvalue weighted by molar-refractivity contribution is 0.0641. The molecule has 124 valence electrons. The van der Waals surface area contributed by atoms with Crippen LogP contribution in [0, 0.1) is 0 Å². The first-order chi connectivity index (χ1) is 11.0. The molecule has 1 amide bonds. The topological polar surface area (TPSA) is 97.4 Å². The number of hydrogen-bond donors (Lipinski definition) is 1. The van der Waals surface area contributed by atoms with Crippen molar-refractivity contribution in [2.45, 2.75) is 24.0 Å². The molecule has 0 spiro atoms. The average molecular weight is 338 g/mol. The van der Waals surface area contributed by atoms with Crippen LogP contribution in [0.4, 0.5) is 0 Å². The SMILES string of the molecule is CNS(=O)(=O)c1ccc(C(=O)N2CCCC(n3ccnc3)C2)o1. The van der Waals surface area contributed by atoms with Crippen LogP contribution in [0.15, 0.2) is 40.4 Å². The molecular formula is C14H18N4O4S. The smallest absolute Gasteiger partial charge is 0.289 e. The minimum absolute atomic E-state index is 0.0325. The Balaban J connectivity index is 1.75. The Bertz CT molecular complexity index is 782. The lowest BCUT2D eigenvalue weighted by atomic mass is 10.1. The van der Waals surface area contributed by atoms with Crippen LogP contribution >= 0.6 is 0 Å². The third kappa shape index (κ3) is 3.15. The molecule has 0 bridgehead atoms. The summed E-state index contributed by atoms with van der Waals surface area (Å²) in [6.45, 7) is 1.17. The molecule has 1 atom stereocenters. The number of imidazole rings is 1. The van der Waals surface area contributed by atoms with Gasteiger partial charge in [0.15, 0.2) is 5.76 Å². The number of aromatic nitrogens is 2. The number of carbonyl (C=O) groups is 1. The van der Waals surface area contributed by atoms with Crippen molar-refractivity contribution in [2.24, 2.45) is 0 Å². The molecule has 8 nitrogen and oxygen atoms in total. The summed E-state index contributed by atoms with van der Waals surface area (Å²) in [5.41, 5.74) is 0. The highest BCUT2D eigenvalue weighted by atomic mass is 32.2. The first-order valence-corrected chi connectivity index (χ1v) is 8.79. The maximum absolute atomic E-state index is 12.5. The van der Waals surface area contributed by atoms with Crippen molar-refractivity contribution < 1.29 is 17.6 Å². The molecule has 0 saturated carbocycles. The molecule has 1 fully saturated rings. The normalized spacial score (nSPS) is 19.0. The van der Waals surface area contributed by atoms with Gasteiger partial charge in [0.25, 0.3) is 15.9 Å². The highest BCUT2D eigenvalue weighted by Crippen LogP contribution is 2.23. The van der Waals surface area contributed by atoms with Gasteiger partial charge in [-0.3, -0.25) is 4.79 Å². The van der Waals surface area contributed by atoms with Gasteiger partial charge < -0.3 is 13.9 Å². The van der Waals surface area contributed by atoms with E-state index in [1.54, 1.807) is 17.4 Å². The number of nitrogens with one attached hydrogen (secondary N) is 1. The number of rotatable bonds is 4. The standard InChI is InChI=1S/C14H18N4O4S/c1-15-23(20,21)13-5-4-12(22-13)14(19)17-7-2-3-11(9-17)18-8-6-16-10-18/h4-6,8,10-11,15H,2-3,7,9H2,1H3. The second kappa shape index (κ2) is 6.17. The first-order valence-electron chi connectivity index (χ1n) is 7.31.